The Balaban J connectivity index is -0.00000000333. The van der Waals surface area contributed by atoms with Crippen molar-refractivity contribution in [2.24, 2.45) is 0 Å². The number of hydrogen-bond donors (Lipinski definition) is 0. The van der Waals surface area contributed by atoms with Crippen LogP contribution >= 0.6 is 0 Å². The standard InChI is InChI=1S/C3H7.BrH.Li.Mg.H/c1-3-2;;;;/h3H,1-2H3;1H;;;/q-1;;+1;+2;-1/p-1. The van der Waals surface area contributed by atoms with E-state index >= 15 is 0 Å². The molecule has 6 heavy (non-hydrogen) atoms. The maximum absolute atomic E-state index is 2.00. The number of rotatable bonds is 0. The van der Waals surface area contributed by atoms with Crippen LogP contribution in [0.25, 0.3) is 0 Å². The fourth-order valence-corrected chi connectivity index (χ4v) is 0. The van der Waals surface area contributed by atoms with E-state index in [-0.39, 0.29) is 60.3 Å². The molecule has 0 N–H and O–H groups in total. The molecule has 0 aromatic heterocycles. The number of halogens is 1. The third-order valence-corrected chi connectivity index (χ3v) is 0. The van der Waals surface area contributed by atoms with Gasteiger partial charge < -0.3 is 24.8 Å². The first-order valence-electron chi connectivity index (χ1n) is 1.15. The summed E-state index contributed by atoms with van der Waals surface area (Å²) in [5.74, 6) is 0. The summed E-state index contributed by atoms with van der Waals surface area (Å²) >= 11 is 0. The van der Waals surface area contributed by atoms with Crippen molar-refractivity contribution in [1.29, 1.82) is 0 Å². The molecule has 0 amide bonds. The van der Waals surface area contributed by atoms with E-state index in [9.17, 15) is 0 Å². The molecule has 0 bridgehead atoms. The van der Waals surface area contributed by atoms with Gasteiger partial charge in [0.05, 0.1) is 0 Å². The SMILES string of the molecule is C[CH-]C.[Br-].[H-].[Li+].[Mg+2]. The van der Waals surface area contributed by atoms with Gasteiger partial charge in [-0.2, -0.15) is 13.8 Å². The molecular weight excluding hydrogens is 147 g/mol. The number of hydrogen-bond acceptors (Lipinski definition) is 0. The molecule has 0 saturated heterocycles. The molecule has 3 heteroatoms. The molecule has 0 aliphatic heterocycles. The van der Waals surface area contributed by atoms with E-state index in [1.54, 1.807) is 0 Å². The van der Waals surface area contributed by atoms with Crippen molar-refractivity contribution in [2.45, 2.75) is 13.8 Å². The maximum atomic E-state index is 2.00. The first-order valence-corrected chi connectivity index (χ1v) is 1.15. The molecule has 0 radical (unpaired) electrons. The monoisotopic (exact) mass is 154 g/mol. The molecular formula is C3H8BrLiMg. The summed E-state index contributed by atoms with van der Waals surface area (Å²) in [5.41, 5.74) is 0. The first-order chi connectivity index (χ1) is 1.41. The Morgan fingerprint density at radius 1 is 1.33 bits per heavy atom. The smallest absolute Gasteiger partial charge is 1.00 e. The van der Waals surface area contributed by atoms with Crippen molar-refractivity contribution in [3.63, 3.8) is 0 Å². The molecule has 0 heterocycles. The molecule has 0 rings (SSSR count). The summed E-state index contributed by atoms with van der Waals surface area (Å²) in [7, 11) is 0. The second-order valence-electron chi connectivity index (χ2n) is 0.577. The van der Waals surface area contributed by atoms with Gasteiger partial charge in [-0.3, -0.25) is 0 Å². The zero-order valence-electron chi connectivity index (χ0n) is 5.66. The van der Waals surface area contributed by atoms with Crippen LogP contribution in [0, 0.1) is 6.42 Å². The van der Waals surface area contributed by atoms with Crippen molar-refractivity contribution in [1.82, 2.24) is 0 Å². The van der Waals surface area contributed by atoms with E-state index in [2.05, 4.69) is 0 Å². The Bertz CT molecular complexity index is 14.9. The van der Waals surface area contributed by atoms with Crippen LogP contribution in [-0.2, 0) is 0 Å². The van der Waals surface area contributed by atoms with E-state index in [1.165, 1.54) is 0 Å². The average Bonchev–Trinajstić information content (AvgIpc) is 0.918. The zero-order valence-corrected chi connectivity index (χ0v) is 7.66. The van der Waals surface area contributed by atoms with Crippen LogP contribution in [-0.4, -0.2) is 23.1 Å². The molecule has 0 aliphatic rings. The molecule has 0 fully saturated rings. The minimum Gasteiger partial charge on any atom is -1.00 e. The van der Waals surface area contributed by atoms with E-state index < -0.39 is 0 Å². The van der Waals surface area contributed by atoms with Gasteiger partial charge >= 0.3 is 41.9 Å². The maximum Gasteiger partial charge on any atom is 2.00 e. The minimum absolute atomic E-state index is 0. The van der Waals surface area contributed by atoms with Crippen molar-refractivity contribution < 1.29 is 37.3 Å². The third-order valence-electron chi connectivity index (χ3n) is 0. The molecule has 0 aromatic carbocycles. The quantitative estimate of drug-likeness (QED) is 0.243. The van der Waals surface area contributed by atoms with Crippen molar-refractivity contribution in [3.8, 4) is 0 Å². The topological polar surface area (TPSA) is 0 Å². The molecule has 0 atom stereocenters. The second kappa shape index (κ2) is 28.9. The van der Waals surface area contributed by atoms with E-state index in [4.69, 9.17) is 0 Å². The van der Waals surface area contributed by atoms with Crippen molar-refractivity contribution in [2.75, 3.05) is 0 Å². The Morgan fingerprint density at radius 2 is 1.33 bits per heavy atom. The Hall–Kier alpha value is 1.84. The van der Waals surface area contributed by atoms with Gasteiger partial charge in [0.15, 0.2) is 0 Å². The van der Waals surface area contributed by atoms with Gasteiger partial charge in [0.2, 0.25) is 0 Å². The van der Waals surface area contributed by atoms with Crippen molar-refractivity contribution >= 4 is 23.1 Å². The van der Waals surface area contributed by atoms with Crippen LogP contribution < -0.4 is 35.8 Å². The van der Waals surface area contributed by atoms with E-state index in [0.717, 1.165) is 0 Å². The Kier molecular flexibility index (Phi) is 120. The average molecular weight is 155 g/mol. The predicted octanol–water partition coefficient (Wildman–Crippen LogP) is -5.03. The van der Waals surface area contributed by atoms with Gasteiger partial charge in [-0.05, 0) is 0 Å². The Morgan fingerprint density at radius 3 is 1.33 bits per heavy atom. The molecule has 0 aliphatic carbocycles. The molecule has 0 aromatic rings. The zero-order chi connectivity index (χ0) is 2.71. The largest absolute Gasteiger partial charge is 2.00 e. The van der Waals surface area contributed by atoms with Crippen LogP contribution in [0.15, 0.2) is 0 Å². The van der Waals surface area contributed by atoms with Crippen LogP contribution in [0.1, 0.15) is 15.3 Å². The summed E-state index contributed by atoms with van der Waals surface area (Å²) in [5, 5.41) is 0. The fraction of sp³-hybridized carbons (Fsp3) is 0.667. The normalized spacial score (nSPS) is 3.00. The first kappa shape index (κ1) is 24.9. The summed E-state index contributed by atoms with van der Waals surface area (Å²) in [6.07, 6.45) is 2.00. The molecule has 0 nitrogen and oxygen atoms in total. The molecule has 0 unspecified atom stereocenters. The molecule has 0 saturated carbocycles. The van der Waals surface area contributed by atoms with Crippen LogP contribution in [0.2, 0.25) is 0 Å². The predicted molar refractivity (Wildman–Crippen MR) is 22.5 cm³/mol. The summed E-state index contributed by atoms with van der Waals surface area (Å²) in [6, 6.07) is 0. The van der Waals surface area contributed by atoms with Crippen LogP contribution in [0.4, 0.5) is 0 Å². The molecule has 30 valence electrons. The van der Waals surface area contributed by atoms with E-state index in [1.807, 2.05) is 20.3 Å². The van der Waals surface area contributed by atoms with Gasteiger partial charge in [-0.25, -0.2) is 0 Å². The summed E-state index contributed by atoms with van der Waals surface area (Å²) in [4.78, 5) is 0. The summed E-state index contributed by atoms with van der Waals surface area (Å²) < 4.78 is 0. The van der Waals surface area contributed by atoms with Gasteiger partial charge in [0.1, 0.15) is 0 Å². The van der Waals surface area contributed by atoms with Gasteiger partial charge in [-0.15, -0.1) is 0 Å². The fourth-order valence-electron chi connectivity index (χ4n) is 0. The van der Waals surface area contributed by atoms with Gasteiger partial charge in [-0.1, -0.05) is 0 Å². The minimum atomic E-state index is 0. The van der Waals surface area contributed by atoms with Gasteiger partial charge in [0.25, 0.3) is 0 Å². The Labute approximate surface area is 80.0 Å². The van der Waals surface area contributed by atoms with Crippen LogP contribution in [0.3, 0.4) is 0 Å². The van der Waals surface area contributed by atoms with E-state index in [0.29, 0.717) is 0 Å². The van der Waals surface area contributed by atoms with Crippen LogP contribution in [0.5, 0.6) is 0 Å². The molecule has 0 spiro atoms. The second-order valence-corrected chi connectivity index (χ2v) is 0.577. The summed E-state index contributed by atoms with van der Waals surface area (Å²) in [6.45, 7) is 4.00. The van der Waals surface area contributed by atoms with Gasteiger partial charge in [0, 0.05) is 0 Å². The van der Waals surface area contributed by atoms with Crippen molar-refractivity contribution in [3.05, 3.63) is 6.42 Å². The third kappa shape index (κ3) is 40.3.